The van der Waals surface area contributed by atoms with Crippen LogP contribution >= 0.6 is 11.6 Å². The molecule has 1 aromatic carbocycles. The van der Waals surface area contributed by atoms with Crippen LogP contribution in [0.2, 0.25) is 5.02 Å². The zero-order valence-corrected chi connectivity index (χ0v) is 10.4. The molecule has 7 nitrogen and oxygen atoms in total. The Morgan fingerprint density at radius 3 is 2.79 bits per heavy atom. The molecule has 19 heavy (non-hydrogen) atoms. The van der Waals surface area contributed by atoms with Gasteiger partial charge in [0.25, 0.3) is 0 Å². The number of hydrogen-bond donors (Lipinski definition) is 3. The second-order valence-corrected chi connectivity index (χ2v) is 4.06. The molecule has 0 aliphatic rings. The van der Waals surface area contributed by atoms with Gasteiger partial charge in [0.15, 0.2) is 0 Å². The predicted octanol–water partition coefficient (Wildman–Crippen LogP) is 0.636. The molecule has 0 fully saturated rings. The smallest absolute Gasteiger partial charge is 0.211 e. The Morgan fingerprint density at radius 1 is 1.37 bits per heavy atom. The molecular formula is C11H10ClN5O2. The van der Waals surface area contributed by atoms with E-state index in [4.69, 9.17) is 33.2 Å². The Balaban J connectivity index is 2.65. The van der Waals surface area contributed by atoms with E-state index in [0.717, 1.165) is 6.21 Å². The number of benzene rings is 1. The Labute approximate surface area is 112 Å². The quantitative estimate of drug-likeness (QED) is 0.421. The molecule has 0 aliphatic heterocycles. The van der Waals surface area contributed by atoms with Crippen molar-refractivity contribution in [2.75, 3.05) is 5.73 Å². The monoisotopic (exact) mass is 279 g/mol. The minimum Gasteiger partial charge on any atom is -0.440 e. The van der Waals surface area contributed by atoms with Crippen molar-refractivity contribution in [3.63, 3.8) is 0 Å². The zero-order valence-electron chi connectivity index (χ0n) is 9.63. The van der Waals surface area contributed by atoms with E-state index in [0.29, 0.717) is 16.0 Å². The van der Waals surface area contributed by atoms with E-state index in [9.17, 15) is 4.79 Å². The summed E-state index contributed by atoms with van der Waals surface area (Å²) in [5, 5.41) is 7.62. The summed E-state index contributed by atoms with van der Waals surface area (Å²) in [6.07, 6.45) is 1.13. The minimum absolute atomic E-state index is 0.0553. The summed E-state index contributed by atoms with van der Waals surface area (Å²) in [6, 6.07) is 4.64. The van der Waals surface area contributed by atoms with Crippen LogP contribution in [0.15, 0.2) is 37.6 Å². The second-order valence-electron chi connectivity index (χ2n) is 3.62. The molecule has 2 rings (SSSR count). The third-order valence-corrected chi connectivity index (χ3v) is 2.51. The predicted molar refractivity (Wildman–Crippen MR) is 75.3 cm³/mol. The number of nitrogen functional groups attached to an aromatic ring is 1. The fourth-order valence-electron chi connectivity index (χ4n) is 1.47. The summed E-state index contributed by atoms with van der Waals surface area (Å²) in [5.41, 5.74) is 15.9. The van der Waals surface area contributed by atoms with Gasteiger partial charge in [-0.05, 0) is 18.2 Å². The van der Waals surface area contributed by atoms with Crippen LogP contribution in [-0.4, -0.2) is 12.2 Å². The maximum absolute atomic E-state index is 12.2. The van der Waals surface area contributed by atoms with Crippen molar-refractivity contribution in [1.82, 2.24) is 0 Å². The Morgan fingerprint density at radius 2 is 2.11 bits per heavy atom. The van der Waals surface area contributed by atoms with Crippen molar-refractivity contribution in [2.45, 2.75) is 0 Å². The number of anilines is 1. The first-order valence-corrected chi connectivity index (χ1v) is 5.50. The molecule has 0 spiro atoms. The topological polar surface area (TPSA) is 133 Å². The number of hydrogen-bond acceptors (Lipinski definition) is 5. The van der Waals surface area contributed by atoms with Crippen LogP contribution < -0.4 is 22.6 Å². The van der Waals surface area contributed by atoms with Gasteiger partial charge in [-0.15, -0.1) is 5.10 Å². The van der Waals surface area contributed by atoms with Crippen molar-refractivity contribution in [2.24, 2.45) is 21.7 Å². The lowest BCUT2D eigenvalue weighted by Gasteiger charge is -2.02. The lowest BCUT2D eigenvalue weighted by Crippen LogP contribution is -2.22. The SMILES string of the molecule is NC(N)=NN=Cc1c(N)oc2ccc(Cl)cc2c1=O. The van der Waals surface area contributed by atoms with Crippen LogP contribution in [0.3, 0.4) is 0 Å². The van der Waals surface area contributed by atoms with Crippen molar-refractivity contribution in [3.8, 4) is 0 Å². The third-order valence-electron chi connectivity index (χ3n) is 2.28. The summed E-state index contributed by atoms with van der Waals surface area (Å²) in [4.78, 5) is 12.2. The highest BCUT2D eigenvalue weighted by atomic mass is 35.5. The van der Waals surface area contributed by atoms with Crippen molar-refractivity contribution < 1.29 is 4.42 Å². The first kappa shape index (κ1) is 12.9. The van der Waals surface area contributed by atoms with Gasteiger partial charge in [-0.3, -0.25) is 4.79 Å². The number of halogens is 1. The van der Waals surface area contributed by atoms with E-state index in [1.807, 2.05) is 0 Å². The van der Waals surface area contributed by atoms with E-state index in [1.54, 1.807) is 12.1 Å². The molecule has 1 heterocycles. The average Bonchev–Trinajstić information content (AvgIpc) is 2.34. The normalized spacial score (nSPS) is 11.0. The fraction of sp³-hybridized carbons (Fsp3) is 0. The highest BCUT2D eigenvalue weighted by Gasteiger charge is 2.10. The molecule has 0 saturated carbocycles. The summed E-state index contributed by atoms with van der Waals surface area (Å²) < 4.78 is 5.30. The van der Waals surface area contributed by atoms with E-state index in [2.05, 4.69) is 10.2 Å². The lowest BCUT2D eigenvalue weighted by atomic mass is 10.1. The maximum Gasteiger partial charge on any atom is 0.211 e. The van der Waals surface area contributed by atoms with E-state index in [1.165, 1.54) is 6.07 Å². The standard InChI is InChI=1S/C11H10ClN5O2/c12-5-1-2-8-6(3-5)9(18)7(10(13)19-8)4-16-17-11(14)15/h1-4H,13H2,(H4,14,15,17). The molecular weight excluding hydrogens is 270 g/mol. The minimum atomic E-state index is -0.365. The summed E-state index contributed by atoms with van der Waals surface area (Å²) in [5.74, 6) is -0.308. The molecule has 1 aromatic heterocycles. The van der Waals surface area contributed by atoms with Gasteiger partial charge in [0.2, 0.25) is 17.3 Å². The molecule has 0 saturated heterocycles. The number of rotatable bonds is 2. The van der Waals surface area contributed by atoms with Crippen molar-refractivity contribution >= 4 is 40.6 Å². The number of nitrogens with two attached hydrogens (primary N) is 3. The highest BCUT2D eigenvalue weighted by Crippen LogP contribution is 2.20. The van der Waals surface area contributed by atoms with E-state index in [-0.39, 0.29) is 22.8 Å². The van der Waals surface area contributed by atoms with Crippen LogP contribution in [-0.2, 0) is 0 Å². The summed E-state index contributed by atoms with van der Waals surface area (Å²) in [7, 11) is 0. The van der Waals surface area contributed by atoms with Gasteiger partial charge in [0.1, 0.15) is 11.1 Å². The number of fused-ring (bicyclic) bond motifs is 1. The third kappa shape index (κ3) is 2.66. The maximum atomic E-state index is 12.2. The molecule has 98 valence electrons. The van der Waals surface area contributed by atoms with Crippen molar-refractivity contribution in [3.05, 3.63) is 39.0 Å². The average molecular weight is 280 g/mol. The van der Waals surface area contributed by atoms with Gasteiger partial charge in [-0.2, -0.15) is 5.10 Å². The first-order chi connectivity index (χ1) is 8.99. The van der Waals surface area contributed by atoms with E-state index >= 15 is 0 Å². The van der Waals surface area contributed by atoms with Gasteiger partial charge < -0.3 is 21.6 Å². The van der Waals surface area contributed by atoms with Gasteiger partial charge in [-0.1, -0.05) is 11.6 Å². The van der Waals surface area contributed by atoms with Crippen molar-refractivity contribution in [1.29, 1.82) is 0 Å². The molecule has 2 aromatic rings. The molecule has 0 atom stereocenters. The van der Waals surface area contributed by atoms with Gasteiger partial charge in [0.05, 0.1) is 11.6 Å². The van der Waals surface area contributed by atoms with Gasteiger partial charge >= 0.3 is 0 Å². The molecule has 0 radical (unpaired) electrons. The van der Waals surface area contributed by atoms with Crippen LogP contribution in [0.25, 0.3) is 11.0 Å². The van der Waals surface area contributed by atoms with E-state index < -0.39 is 0 Å². The lowest BCUT2D eigenvalue weighted by molar-refractivity contribution is 0.624. The van der Waals surface area contributed by atoms with Crippen LogP contribution in [0.5, 0.6) is 0 Å². The van der Waals surface area contributed by atoms with Gasteiger partial charge in [0, 0.05) is 5.02 Å². The number of nitrogens with zero attached hydrogens (tertiary/aromatic N) is 2. The number of guanidine groups is 1. The zero-order chi connectivity index (χ0) is 14.0. The highest BCUT2D eigenvalue weighted by molar-refractivity contribution is 6.31. The molecule has 0 amide bonds. The van der Waals surface area contributed by atoms with Gasteiger partial charge in [-0.25, -0.2) is 0 Å². The van der Waals surface area contributed by atoms with Crippen LogP contribution in [0, 0.1) is 0 Å². The summed E-state index contributed by atoms with van der Waals surface area (Å²) in [6.45, 7) is 0. The molecule has 0 unspecified atom stereocenters. The first-order valence-electron chi connectivity index (χ1n) is 5.13. The molecule has 6 N–H and O–H groups in total. The second kappa shape index (κ2) is 4.99. The molecule has 0 aliphatic carbocycles. The fourth-order valence-corrected chi connectivity index (χ4v) is 1.65. The largest absolute Gasteiger partial charge is 0.440 e. The summed E-state index contributed by atoms with van der Waals surface area (Å²) >= 11 is 5.83. The Bertz CT molecular complexity index is 747. The Hall–Kier alpha value is -2.54. The van der Waals surface area contributed by atoms with Crippen LogP contribution in [0.4, 0.5) is 5.88 Å². The molecule has 0 bridgehead atoms. The molecule has 8 heteroatoms. The van der Waals surface area contributed by atoms with Crippen LogP contribution in [0.1, 0.15) is 5.56 Å². The Kier molecular flexibility index (Phi) is 3.39.